The number of rotatable bonds is 4. The van der Waals surface area contributed by atoms with E-state index < -0.39 is 6.10 Å². The molecule has 0 saturated heterocycles. The maximum Gasteiger partial charge on any atom is 0.0942 e. The number of aliphatic hydroxyl groups is 2. The predicted octanol–water partition coefficient (Wildman–Crippen LogP) is 1.06. The van der Waals surface area contributed by atoms with Crippen LogP contribution in [0.15, 0.2) is 23.7 Å². The van der Waals surface area contributed by atoms with E-state index in [1.165, 1.54) is 0 Å². The third-order valence-electron chi connectivity index (χ3n) is 2.08. The number of aromatic nitrogens is 1. The molecular weight excluding hydrogens is 212 g/mol. The van der Waals surface area contributed by atoms with Crippen LogP contribution in [0.2, 0.25) is 0 Å². The molecule has 3 N–H and O–H groups in total. The first-order valence-corrected chi connectivity index (χ1v) is 5.53. The van der Waals surface area contributed by atoms with Crippen LogP contribution in [0.3, 0.4) is 0 Å². The SMILES string of the molecule is OCC(O)CNc1ccc2ncsc2c1. The highest BCUT2D eigenvalue weighted by Gasteiger charge is 2.02. The van der Waals surface area contributed by atoms with Gasteiger partial charge >= 0.3 is 0 Å². The summed E-state index contributed by atoms with van der Waals surface area (Å²) in [5.41, 5.74) is 3.71. The molecule has 0 bridgehead atoms. The van der Waals surface area contributed by atoms with Gasteiger partial charge in [0.05, 0.1) is 28.4 Å². The molecule has 2 aromatic rings. The Morgan fingerprint density at radius 1 is 1.47 bits per heavy atom. The minimum Gasteiger partial charge on any atom is -0.394 e. The summed E-state index contributed by atoms with van der Waals surface area (Å²) in [5.74, 6) is 0. The molecule has 1 unspecified atom stereocenters. The fourth-order valence-corrected chi connectivity index (χ4v) is 1.98. The van der Waals surface area contributed by atoms with Crippen molar-refractivity contribution in [2.24, 2.45) is 0 Å². The summed E-state index contributed by atoms with van der Waals surface area (Å²) in [7, 11) is 0. The Morgan fingerprint density at radius 3 is 3.13 bits per heavy atom. The third kappa shape index (κ3) is 2.44. The van der Waals surface area contributed by atoms with Gasteiger partial charge in [0.2, 0.25) is 0 Å². The molecule has 5 heteroatoms. The first-order valence-electron chi connectivity index (χ1n) is 4.65. The molecule has 0 aliphatic carbocycles. The highest BCUT2D eigenvalue weighted by Crippen LogP contribution is 2.21. The largest absolute Gasteiger partial charge is 0.394 e. The fraction of sp³-hybridized carbons (Fsp3) is 0.300. The molecule has 0 saturated carbocycles. The normalized spacial score (nSPS) is 12.9. The minimum atomic E-state index is -0.720. The van der Waals surface area contributed by atoms with E-state index in [9.17, 15) is 5.11 Å². The fourth-order valence-electron chi connectivity index (χ4n) is 1.27. The molecule has 1 aromatic heterocycles. The Labute approximate surface area is 91.2 Å². The molecule has 1 atom stereocenters. The minimum absolute atomic E-state index is 0.226. The van der Waals surface area contributed by atoms with Crippen molar-refractivity contribution >= 4 is 27.2 Å². The Balaban J connectivity index is 2.08. The number of hydrogen-bond acceptors (Lipinski definition) is 5. The van der Waals surface area contributed by atoms with Crippen LogP contribution in [0, 0.1) is 0 Å². The summed E-state index contributed by atoms with van der Waals surface area (Å²) in [6, 6.07) is 5.82. The van der Waals surface area contributed by atoms with Gasteiger partial charge in [0.15, 0.2) is 0 Å². The lowest BCUT2D eigenvalue weighted by Gasteiger charge is -2.09. The summed E-state index contributed by atoms with van der Waals surface area (Å²) in [6.07, 6.45) is -0.720. The van der Waals surface area contributed by atoms with E-state index >= 15 is 0 Å². The van der Waals surface area contributed by atoms with Gasteiger partial charge in [0, 0.05) is 12.2 Å². The molecule has 1 aromatic carbocycles. The van der Waals surface area contributed by atoms with E-state index in [4.69, 9.17) is 5.11 Å². The standard InChI is InChI=1S/C10H12N2O2S/c13-5-8(14)4-11-7-1-2-9-10(3-7)15-6-12-9/h1-3,6,8,11,13-14H,4-5H2. The molecule has 0 amide bonds. The van der Waals surface area contributed by atoms with Gasteiger partial charge < -0.3 is 15.5 Å². The number of anilines is 1. The van der Waals surface area contributed by atoms with Crippen molar-refractivity contribution in [3.05, 3.63) is 23.7 Å². The molecule has 1 heterocycles. The Bertz CT molecular complexity index is 444. The van der Waals surface area contributed by atoms with Crippen molar-refractivity contribution in [1.29, 1.82) is 0 Å². The molecule has 2 rings (SSSR count). The van der Waals surface area contributed by atoms with Gasteiger partial charge in [-0.3, -0.25) is 0 Å². The smallest absolute Gasteiger partial charge is 0.0942 e. The predicted molar refractivity (Wildman–Crippen MR) is 61.2 cm³/mol. The van der Waals surface area contributed by atoms with Crippen LogP contribution in [0.1, 0.15) is 0 Å². The van der Waals surface area contributed by atoms with Gasteiger partial charge in [-0.2, -0.15) is 0 Å². The summed E-state index contributed by atoms with van der Waals surface area (Å²) < 4.78 is 1.11. The highest BCUT2D eigenvalue weighted by molar-refractivity contribution is 7.16. The van der Waals surface area contributed by atoms with Crippen LogP contribution in [-0.2, 0) is 0 Å². The van der Waals surface area contributed by atoms with Gasteiger partial charge in [-0.1, -0.05) is 0 Å². The summed E-state index contributed by atoms with van der Waals surface area (Å²) >= 11 is 1.58. The second-order valence-electron chi connectivity index (χ2n) is 3.25. The Hall–Kier alpha value is -1.17. The second kappa shape index (κ2) is 4.57. The number of aliphatic hydroxyl groups excluding tert-OH is 2. The lowest BCUT2D eigenvalue weighted by molar-refractivity contribution is 0.105. The van der Waals surface area contributed by atoms with Gasteiger partial charge in [0.25, 0.3) is 0 Å². The van der Waals surface area contributed by atoms with Crippen molar-refractivity contribution in [1.82, 2.24) is 4.98 Å². The monoisotopic (exact) mass is 224 g/mol. The average molecular weight is 224 g/mol. The molecule has 0 aliphatic heterocycles. The van der Waals surface area contributed by atoms with Crippen LogP contribution in [0.4, 0.5) is 5.69 Å². The van der Waals surface area contributed by atoms with E-state index in [-0.39, 0.29) is 6.61 Å². The zero-order valence-corrected chi connectivity index (χ0v) is 8.87. The van der Waals surface area contributed by atoms with E-state index in [1.54, 1.807) is 16.8 Å². The molecule has 15 heavy (non-hydrogen) atoms. The van der Waals surface area contributed by atoms with Crippen LogP contribution in [0.5, 0.6) is 0 Å². The lowest BCUT2D eigenvalue weighted by atomic mass is 10.3. The third-order valence-corrected chi connectivity index (χ3v) is 2.88. The van der Waals surface area contributed by atoms with Crippen LogP contribution >= 0.6 is 11.3 Å². The molecule has 0 aliphatic rings. The van der Waals surface area contributed by atoms with Crippen molar-refractivity contribution in [2.75, 3.05) is 18.5 Å². The van der Waals surface area contributed by atoms with E-state index in [0.29, 0.717) is 6.54 Å². The Morgan fingerprint density at radius 2 is 2.33 bits per heavy atom. The number of benzene rings is 1. The van der Waals surface area contributed by atoms with Crippen molar-refractivity contribution in [3.63, 3.8) is 0 Å². The summed E-state index contributed by atoms with van der Waals surface area (Å²) in [6.45, 7) is 0.122. The topological polar surface area (TPSA) is 65.4 Å². The highest BCUT2D eigenvalue weighted by atomic mass is 32.1. The number of nitrogens with one attached hydrogen (secondary N) is 1. The van der Waals surface area contributed by atoms with Crippen LogP contribution in [0.25, 0.3) is 10.2 Å². The van der Waals surface area contributed by atoms with Crippen molar-refractivity contribution < 1.29 is 10.2 Å². The van der Waals surface area contributed by atoms with Crippen LogP contribution in [-0.4, -0.2) is 34.5 Å². The van der Waals surface area contributed by atoms with E-state index in [1.807, 2.05) is 18.2 Å². The second-order valence-corrected chi connectivity index (χ2v) is 4.14. The average Bonchev–Trinajstić information content (AvgIpc) is 2.72. The van der Waals surface area contributed by atoms with Crippen molar-refractivity contribution in [2.45, 2.75) is 6.10 Å². The van der Waals surface area contributed by atoms with Crippen molar-refractivity contribution in [3.8, 4) is 0 Å². The van der Waals surface area contributed by atoms with Crippen LogP contribution < -0.4 is 5.32 Å². The number of nitrogens with zero attached hydrogens (tertiary/aromatic N) is 1. The van der Waals surface area contributed by atoms with Gasteiger partial charge in [0.1, 0.15) is 0 Å². The molecule has 0 spiro atoms. The van der Waals surface area contributed by atoms with Gasteiger partial charge in [-0.15, -0.1) is 11.3 Å². The summed E-state index contributed by atoms with van der Waals surface area (Å²) in [4.78, 5) is 4.17. The zero-order chi connectivity index (χ0) is 10.7. The number of hydrogen-bond donors (Lipinski definition) is 3. The molecular formula is C10H12N2O2S. The maximum absolute atomic E-state index is 9.17. The molecule has 0 fully saturated rings. The molecule has 0 radical (unpaired) electrons. The Kier molecular flexibility index (Phi) is 3.15. The number of thiazole rings is 1. The maximum atomic E-state index is 9.17. The zero-order valence-electron chi connectivity index (χ0n) is 8.05. The molecule has 80 valence electrons. The van der Waals surface area contributed by atoms with Gasteiger partial charge in [-0.25, -0.2) is 4.98 Å². The van der Waals surface area contributed by atoms with Gasteiger partial charge in [-0.05, 0) is 18.2 Å². The van der Waals surface area contributed by atoms with E-state index in [0.717, 1.165) is 15.9 Å². The summed E-state index contributed by atoms with van der Waals surface area (Å²) in [5, 5.41) is 20.9. The van der Waals surface area contributed by atoms with E-state index in [2.05, 4.69) is 10.3 Å². The molecule has 4 nitrogen and oxygen atoms in total. The number of fused-ring (bicyclic) bond motifs is 1. The first-order chi connectivity index (χ1) is 7.29. The lowest BCUT2D eigenvalue weighted by Crippen LogP contribution is -2.22. The quantitative estimate of drug-likeness (QED) is 0.726. The first kappa shape index (κ1) is 10.4.